The van der Waals surface area contributed by atoms with Crippen LogP contribution in [0.4, 0.5) is 0 Å². The molecule has 0 saturated heterocycles. The van der Waals surface area contributed by atoms with Gasteiger partial charge in [-0.3, -0.25) is 20.4 Å². The van der Waals surface area contributed by atoms with Gasteiger partial charge >= 0.3 is 11.9 Å². The molecule has 0 atom stereocenters. The molecule has 0 aliphatic rings. The number of hydrogen-bond acceptors (Lipinski definition) is 4. The molecule has 2 aromatic carbocycles. The maximum atomic E-state index is 12.3. The van der Waals surface area contributed by atoms with E-state index in [1.807, 2.05) is 26.0 Å². The molecular formula is C20H18N2O5. The highest BCUT2D eigenvalue weighted by Gasteiger charge is 2.17. The van der Waals surface area contributed by atoms with Gasteiger partial charge in [0.2, 0.25) is 0 Å². The van der Waals surface area contributed by atoms with Crippen molar-refractivity contribution in [2.45, 2.75) is 20.8 Å². The second-order valence-electron chi connectivity index (χ2n) is 6.30. The first-order valence-electron chi connectivity index (χ1n) is 8.22. The van der Waals surface area contributed by atoms with Gasteiger partial charge in [-0.15, -0.1) is 0 Å². The van der Waals surface area contributed by atoms with Crippen LogP contribution in [-0.4, -0.2) is 22.9 Å². The third-order valence-corrected chi connectivity index (χ3v) is 4.33. The largest absolute Gasteiger partial charge is 0.478 e. The summed E-state index contributed by atoms with van der Waals surface area (Å²) in [5.41, 5.74) is 7.98. The highest BCUT2D eigenvalue weighted by molar-refractivity contribution is 6.01. The van der Waals surface area contributed by atoms with E-state index in [9.17, 15) is 14.4 Å². The van der Waals surface area contributed by atoms with Crippen LogP contribution in [0, 0.1) is 20.8 Å². The first-order chi connectivity index (χ1) is 12.8. The van der Waals surface area contributed by atoms with Gasteiger partial charge in [0.15, 0.2) is 5.76 Å². The van der Waals surface area contributed by atoms with Crippen LogP contribution in [0.1, 0.15) is 48.0 Å². The summed E-state index contributed by atoms with van der Waals surface area (Å²) in [4.78, 5) is 35.5. The monoisotopic (exact) mass is 366 g/mol. The fraction of sp³-hybridized carbons (Fsp3) is 0.150. The summed E-state index contributed by atoms with van der Waals surface area (Å²) in [6, 6.07) is 9.61. The van der Waals surface area contributed by atoms with Crippen LogP contribution in [-0.2, 0) is 0 Å². The lowest BCUT2D eigenvalue weighted by atomic mass is 10.0. The summed E-state index contributed by atoms with van der Waals surface area (Å²) in [6.07, 6.45) is 0. The number of nitrogens with one attached hydrogen (secondary N) is 2. The SMILES string of the molecule is Cc1cc(C(=O)O)ccc1C(=O)NNC(=O)c1cc2c(C)ccc(C)c2o1. The Balaban J connectivity index is 1.74. The van der Waals surface area contributed by atoms with Gasteiger partial charge in [0.05, 0.1) is 5.56 Å². The molecule has 0 bridgehead atoms. The Bertz CT molecular complexity index is 1040. The van der Waals surface area contributed by atoms with Crippen LogP contribution in [0.5, 0.6) is 0 Å². The summed E-state index contributed by atoms with van der Waals surface area (Å²) in [6.45, 7) is 5.43. The summed E-state index contributed by atoms with van der Waals surface area (Å²) in [5.74, 6) is -2.13. The van der Waals surface area contributed by atoms with Gasteiger partial charge in [0, 0.05) is 10.9 Å². The lowest BCUT2D eigenvalue weighted by Gasteiger charge is -2.08. The van der Waals surface area contributed by atoms with Crippen molar-refractivity contribution in [3.8, 4) is 0 Å². The molecule has 27 heavy (non-hydrogen) atoms. The number of carboxylic acids is 1. The van der Waals surface area contributed by atoms with Gasteiger partial charge in [-0.05, 0) is 61.7 Å². The molecule has 1 aromatic heterocycles. The number of amides is 2. The van der Waals surface area contributed by atoms with Gasteiger partial charge in [0.25, 0.3) is 5.91 Å². The Morgan fingerprint density at radius 3 is 2.15 bits per heavy atom. The minimum Gasteiger partial charge on any atom is -0.478 e. The number of carbonyl (C=O) groups is 3. The van der Waals surface area contributed by atoms with E-state index >= 15 is 0 Å². The molecule has 0 unspecified atom stereocenters. The number of benzene rings is 2. The Morgan fingerprint density at radius 2 is 1.52 bits per heavy atom. The van der Waals surface area contributed by atoms with E-state index in [-0.39, 0.29) is 16.9 Å². The topological polar surface area (TPSA) is 109 Å². The molecule has 7 nitrogen and oxygen atoms in total. The van der Waals surface area contributed by atoms with Crippen molar-refractivity contribution in [1.82, 2.24) is 10.9 Å². The van der Waals surface area contributed by atoms with E-state index in [0.29, 0.717) is 11.1 Å². The fourth-order valence-corrected chi connectivity index (χ4v) is 2.80. The number of aryl methyl sites for hydroxylation is 3. The zero-order chi connectivity index (χ0) is 19.7. The minimum atomic E-state index is -1.08. The van der Waals surface area contributed by atoms with Crippen LogP contribution in [0.2, 0.25) is 0 Å². The highest BCUT2D eigenvalue weighted by Crippen LogP contribution is 2.25. The molecule has 7 heteroatoms. The standard InChI is InChI=1S/C20H18N2O5/c1-10-4-5-11(2)17-15(10)9-16(27-17)19(24)22-21-18(23)14-7-6-13(20(25)26)8-12(14)3/h4-9H,1-3H3,(H,21,23)(H,22,24)(H,25,26). The molecule has 3 N–H and O–H groups in total. The lowest BCUT2D eigenvalue weighted by molar-refractivity contribution is 0.0696. The molecule has 0 saturated carbocycles. The van der Waals surface area contributed by atoms with Crippen LogP contribution in [0.15, 0.2) is 40.8 Å². The molecule has 0 spiro atoms. The minimum absolute atomic E-state index is 0.0839. The number of hydrazine groups is 1. The maximum Gasteiger partial charge on any atom is 0.335 e. The predicted molar refractivity (Wildman–Crippen MR) is 98.8 cm³/mol. The molecule has 138 valence electrons. The Labute approximate surface area is 155 Å². The Kier molecular flexibility index (Phi) is 4.68. The third kappa shape index (κ3) is 3.52. The maximum absolute atomic E-state index is 12.3. The number of fused-ring (bicyclic) bond motifs is 1. The first kappa shape index (κ1) is 18.2. The molecular weight excluding hydrogens is 348 g/mol. The lowest BCUT2D eigenvalue weighted by Crippen LogP contribution is -2.41. The van der Waals surface area contributed by atoms with Gasteiger partial charge in [-0.25, -0.2) is 4.79 Å². The van der Waals surface area contributed by atoms with E-state index in [0.717, 1.165) is 16.5 Å². The summed E-state index contributed by atoms with van der Waals surface area (Å²) in [5, 5.41) is 9.81. The number of rotatable bonds is 3. The Hall–Kier alpha value is -3.61. The number of furan rings is 1. The van der Waals surface area contributed by atoms with E-state index in [1.54, 1.807) is 13.0 Å². The second-order valence-corrected chi connectivity index (χ2v) is 6.30. The van der Waals surface area contributed by atoms with Crippen molar-refractivity contribution in [2.75, 3.05) is 0 Å². The van der Waals surface area contributed by atoms with Crippen molar-refractivity contribution in [3.05, 3.63) is 70.0 Å². The quantitative estimate of drug-likeness (QED) is 0.617. The normalized spacial score (nSPS) is 10.6. The van der Waals surface area contributed by atoms with E-state index in [2.05, 4.69) is 10.9 Å². The van der Waals surface area contributed by atoms with Crippen molar-refractivity contribution in [1.29, 1.82) is 0 Å². The second kappa shape index (κ2) is 6.95. The molecule has 1 heterocycles. The van der Waals surface area contributed by atoms with Crippen LogP contribution in [0.25, 0.3) is 11.0 Å². The third-order valence-electron chi connectivity index (χ3n) is 4.33. The molecule has 2 amide bonds. The zero-order valence-corrected chi connectivity index (χ0v) is 15.0. The molecule has 0 aliphatic carbocycles. The molecule has 0 fully saturated rings. The smallest absolute Gasteiger partial charge is 0.335 e. The summed E-state index contributed by atoms with van der Waals surface area (Å²) in [7, 11) is 0. The van der Waals surface area contributed by atoms with Crippen LogP contribution >= 0.6 is 0 Å². The van der Waals surface area contributed by atoms with Gasteiger partial charge < -0.3 is 9.52 Å². The Morgan fingerprint density at radius 1 is 0.852 bits per heavy atom. The van der Waals surface area contributed by atoms with Gasteiger partial charge in [-0.1, -0.05) is 12.1 Å². The predicted octanol–water partition coefficient (Wildman–Crippen LogP) is 3.13. The molecule has 3 aromatic rings. The average molecular weight is 366 g/mol. The highest BCUT2D eigenvalue weighted by atomic mass is 16.4. The zero-order valence-electron chi connectivity index (χ0n) is 15.0. The first-order valence-corrected chi connectivity index (χ1v) is 8.22. The number of aromatic carboxylic acids is 1. The van der Waals surface area contributed by atoms with E-state index in [4.69, 9.17) is 9.52 Å². The van der Waals surface area contributed by atoms with Crippen molar-refractivity contribution in [2.24, 2.45) is 0 Å². The fourth-order valence-electron chi connectivity index (χ4n) is 2.80. The molecule has 0 radical (unpaired) electrons. The van der Waals surface area contributed by atoms with Gasteiger partial charge in [-0.2, -0.15) is 0 Å². The van der Waals surface area contributed by atoms with Crippen molar-refractivity contribution in [3.63, 3.8) is 0 Å². The van der Waals surface area contributed by atoms with Crippen molar-refractivity contribution < 1.29 is 23.9 Å². The summed E-state index contributed by atoms with van der Waals surface area (Å²) >= 11 is 0. The van der Waals surface area contributed by atoms with Gasteiger partial charge in [0.1, 0.15) is 5.58 Å². The van der Waals surface area contributed by atoms with E-state index in [1.165, 1.54) is 18.2 Å². The number of carbonyl (C=O) groups excluding carboxylic acids is 2. The number of hydrogen-bond donors (Lipinski definition) is 3. The molecule has 0 aliphatic heterocycles. The average Bonchev–Trinajstić information content (AvgIpc) is 3.09. The summed E-state index contributed by atoms with van der Waals surface area (Å²) < 4.78 is 5.62. The number of carboxylic acid groups (broad SMARTS) is 1. The molecule has 3 rings (SSSR count). The van der Waals surface area contributed by atoms with Crippen LogP contribution in [0.3, 0.4) is 0 Å². The van der Waals surface area contributed by atoms with Crippen molar-refractivity contribution >= 4 is 28.8 Å². The van der Waals surface area contributed by atoms with E-state index < -0.39 is 17.8 Å². The van der Waals surface area contributed by atoms with Crippen LogP contribution < -0.4 is 10.9 Å².